The van der Waals surface area contributed by atoms with Gasteiger partial charge in [-0.2, -0.15) is 0 Å². The Bertz CT molecular complexity index is 1110. The van der Waals surface area contributed by atoms with Crippen molar-refractivity contribution in [3.63, 3.8) is 0 Å². The molecule has 5 N–H and O–H groups in total. The molecule has 0 aromatic heterocycles. The van der Waals surface area contributed by atoms with E-state index in [1.54, 1.807) is 36.4 Å². The largest absolute Gasteiger partial charge is 0.493 e. The molecule has 0 radical (unpaired) electrons. The normalized spacial score (nSPS) is 10.9. The zero-order valence-electron chi connectivity index (χ0n) is 19.3. The average molecular weight is 485 g/mol. The number of benzene rings is 3. The highest BCUT2D eigenvalue weighted by Gasteiger charge is 2.27. The van der Waals surface area contributed by atoms with E-state index in [0.29, 0.717) is 40.6 Å². The van der Waals surface area contributed by atoms with Gasteiger partial charge < -0.3 is 30.6 Å². The van der Waals surface area contributed by atoms with Gasteiger partial charge in [0.05, 0.1) is 21.3 Å². The van der Waals surface area contributed by atoms with Crippen molar-refractivity contribution in [2.75, 3.05) is 26.6 Å². The number of methoxy groups -OCH3 is 3. The van der Waals surface area contributed by atoms with Crippen LogP contribution in [0.15, 0.2) is 66.7 Å². The molecule has 0 bridgehead atoms. The highest BCUT2D eigenvalue weighted by molar-refractivity contribution is 5.95. The second kappa shape index (κ2) is 12.4. The zero-order valence-corrected chi connectivity index (χ0v) is 20.1. The number of nitrogen functional groups attached to an aromatic ring is 1. The highest BCUT2D eigenvalue weighted by Crippen LogP contribution is 2.42. The molecule has 0 heterocycles. The lowest BCUT2D eigenvalue weighted by atomic mass is 10.0. The minimum atomic E-state index is -0.799. The Morgan fingerprint density at radius 3 is 2.12 bits per heavy atom. The molecule has 180 valence electrons. The van der Waals surface area contributed by atoms with Crippen LogP contribution in [0.4, 0.5) is 5.69 Å². The number of nitrogens with one attached hydrogen (secondary N) is 3. The van der Waals surface area contributed by atoms with E-state index in [-0.39, 0.29) is 24.1 Å². The van der Waals surface area contributed by atoms with E-state index in [0.717, 1.165) is 5.56 Å². The molecule has 0 unspecified atom stereocenters. The molecule has 0 aliphatic carbocycles. The van der Waals surface area contributed by atoms with Crippen LogP contribution < -0.4 is 30.6 Å². The summed E-state index contributed by atoms with van der Waals surface area (Å²) in [6.45, 7) is 0.372. The molecule has 3 aromatic carbocycles. The molecule has 0 aliphatic heterocycles. The van der Waals surface area contributed by atoms with Crippen LogP contribution in [0.3, 0.4) is 0 Å². The van der Waals surface area contributed by atoms with Gasteiger partial charge in [0.2, 0.25) is 11.7 Å². The lowest BCUT2D eigenvalue weighted by molar-refractivity contribution is -0.122. The van der Waals surface area contributed by atoms with Crippen molar-refractivity contribution >= 4 is 29.8 Å². The second-order valence-corrected chi connectivity index (χ2v) is 7.20. The van der Waals surface area contributed by atoms with Crippen LogP contribution in [0.25, 0.3) is 0 Å². The fourth-order valence-electron chi connectivity index (χ4n) is 3.44. The first-order valence-electron chi connectivity index (χ1n) is 10.3. The summed E-state index contributed by atoms with van der Waals surface area (Å²) in [5.41, 5.74) is 8.38. The fourth-order valence-corrected chi connectivity index (χ4v) is 3.44. The number of anilines is 1. The molecule has 0 spiro atoms. The van der Waals surface area contributed by atoms with Gasteiger partial charge in [0, 0.05) is 23.4 Å². The van der Waals surface area contributed by atoms with Gasteiger partial charge in [-0.25, -0.2) is 0 Å². The Kier molecular flexibility index (Phi) is 9.58. The third-order valence-electron chi connectivity index (χ3n) is 5.12. The molecule has 0 saturated heterocycles. The highest BCUT2D eigenvalue weighted by atomic mass is 35.5. The molecule has 9 heteroatoms. The molecular weight excluding hydrogens is 456 g/mol. The van der Waals surface area contributed by atoms with Gasteiger partial charge >= 0.3 is 0 Å². The van der Waals surface area contributed by atoms with Gasteiger partial charge in [-0.15, -0.1) is 12.4 Å². The average Bonchev–Trinajstić information content (AvgIpc) is 2.85. The number of rotatable bonds is 10. The van der Waals surface area contributed by atoms with E-state index in [9.17, 15) is 4.79 Å². The molecule has 34 heavy (non-hydrogen) atoms. The molecule has 0 aliphatic rings. The van der Waals surface area contributed by atoms with Gasteiger partial charge in [0.15, 0.2) is 11.5 Å². The number of nitrogens with two attached hydrogens (primary N) is 1. The first-order chi connectivity index (χ1) is 16.0. The lowest BCUT2D eigenvalue weighted by Gasteiger charge is -2.24. The van der Waals surface area contributed by atoms with Crippen molar-refractivity contribution < 1.29 is 19.0 Å². The van der Waals surface area contributed by atoms with Crippen molar-refractivity contribution in [1.82, 2.24) is 5.32 Å². The number of halogens is 1. The van der Waals surface area contributed by atoms with Crippen LogP contribution in [0.2, 0.25) is 0 Å². The molecular formula is C25H29ClN4O4. The minimum Gasteiger partial charge on any atom is -0.493 e. The van der Waals surface area contributed by atoms with E-state index in [1.165, 1.54) is 21.3 Å². The third kappa shape index (κ3) is 6.11. The van der Waals surface area contributed by atoms with Crippen molar-refractivity contribution in [3.05, 3.63) is 83.4 Å². The Balaban J connectivity index is 0.00000408. The Morgan fingerprint density at radius 1 is 0.912 bits per heavy atom. The van der Waals surface area contributed by atoms with E-state index in [2.05, 4.69) is 10.6 Å². The predicted molar refractivity (Wildman–Crippen MR) is 135 cm³/mol. The summed E-state index contributed by atoms with van der Waals surface area (Å²) in [4.78, 5) is 13.4. The predicted octanol–water partition coefficient (Wildman–Crippen LogP) is 3.89. The summed E-state index contributed by atoms with van der Waals surface area (Å²) < 4.78 is 16.5. The van der Waals surface area contributed by atoms with Gasteiger partial charge in [0.1, 0.15) is 11.9 Å². The number of ether oxygens (including phenoxy) is 3. The maximum atomic E-state index is 13.4. The SMILES string of the molecule is COc1ccc([C@H](Nc2ccc(C(=N)N)cc2)C(=O)NCc2ccccc2)c(OC)c1OC.Cl. The van der Waals surface area contributed by atoms with Gasteiger partial charge in [-0.3, -0.25) is 10.2 Å². The summed E-state index contributed by atoms with van der Waals surface area (Å²) in [5, 5.41) is 13.8. The number of carbonyl (C=O) groups excluding carboxylic acids is 1. The number of hydrogen-bond donors (Lipinski definition) is 4. The van der Waals surface area contributed by atoms with Gasteiger partial charge in [0.25, 0.3) is 0 Å². The van der Waals surface area contributed by atoms with Crippen LogP contribution in [0.1, 0.15) is 22.7 Å². The molecule has 0 fully saturated rings. The van der Waals surface area contributed by atoms with Crippen molar-refractivity contribution in [3.8, 4) is 17.2 Å². The third-order valence-corrected chi connectivity index (χ3v) is 5.12. The number of amidine groups is 1. The summed E-state index contributed by atoms with van der Waals surface area (Å²) in [5.74, 6) is 1.00. The minimum absolute atomic E-state index is 0. The topological polar surface area (TPSA) is 119 Å². The summed E-state index contributed by atoms with van der Waals surface area (Å²) >= 11 is 0. The first-order valence-corrected chi connectivity index (χ1v) is 10.3. The van der Waals surface area contributed by atoms with Gasteiger partial charge in [-0.05, 0) is 42.0 Å². The Hall–Kier alpha value is -3.91. The lowest BCUT2D eigenvalue weighted by Crippen LogP contribution is -2.33. The van der Waals surface area contributed by atoms with Gasteiger partial charge in [-0.1, -0.05) is 30.3 Å². The molecule has 8 nitrogen and oxygen atoms in total. The van der Waals surface area contributed by atoms with Crippen molar-refractivity contribution in [2.45, 2.75) is 12.6 Å². The molecule has 1 amide bonds. The second-order valence-electron chi connectivity index (χ2n) is 7.20. The maximum Gasteiger partial charge on any atom is 0.247 e. The van der Waals surface area contributed by atoms with Crippen LogP contribution in [-0.4, -0.2) is 33.1 Å². The van der Waals surface area contributed by atoms with Crippen LogP contribution >= 0.6 is 12.4 Å². The summed E-state index contributed by atoms with van der Waals surface area (Å²) in [6.07, 6.45) is 0. The van der Waals surface area contributed by atoms with Crippen LogP contribution in [0.5, 0.6) is 17.2 Å². The van der Waals surface area contributed by atoms with E-state index < -0.39 is 6.04 Å². The summed E-state index contributed by atoms with van der Waals surface area (Å²) in [7, 11) is 4.57. The molecule has 3 aromatic rings. The number of hydrogen-bond acceptors (Lipinski definition) is 6. The maximum absolute atomic E-state index is 13.4. The molecule has 1 atom stereocenters. The van der Waals surface area contributed by atoms with Crippen LogP contribution in [-0.2, 0) is 11.3 Å². The Morgan fingerprint density at radius 2 is 1.56 bits per heavy atom. The fraction of sp³-hybridized carbons (Fsp3) is 0.200. The first kappa shape index (κ1) is 26.3. The van der Waals surface area contributed by atoms with E-state index in [4.69, 9.17) is 25.4 Å². The van der Waals surface area contributed by atoms with E-state index in [1.807, 2.05) is 30.3 Å². The number of carbonyl (C=O) groups is 1. The quantitative estimate of drug-likeness (QED) is 0.256. The zero-order chi connectivity index (χ0) is 23.8. The molecule has 0 saturated carbocycles. The Labute approximate surface area is 205 Å². The smallest absolute Gasteiger partial charge is 0.247 e. The van der Waals surface area contributed by atoms with Crippen molar-refractivity contribution in [1.29, 1.82) is 5.41 Å². The van der Waals surface area contributed by atoms with Crippen LogP contribution in [0, 0.1) is 5.41 Å². The molecule has 3 rings (SSSR count). The summed E-state index contributed by atoms with van der Waals surface area (Å²) in [6, 6.07) is 19.3. The monoisotopic (exact) mass is 484 g/mol. The number of amides is 1. The van der Waals surface area contributed by atoms with Crippen molar-refractivity contribution in [2.24, 2.45) is 5.73 Å². The van der Waals surface area contributed by atoms with E-state index >= 15 is 0 Å². The standard InChI is InChI=1S/C25H28N4O4.ClH/c1-31-20-14-13-19(22(32-2)23(20)33-3)21(25(30)28-15-16-7-5-4-6-8-16)29-18-11-9-17(10-12-18)24(26)27;/h4-14,21,29H,15H2,1-3H3,(H3,26,27)(H,28,30);1H/t21-;/m0./s1.